The predicted octanol–water partition coefficient (Wildman–Crippen LogP) is 4.35. The van der Waals surface area contributed by atoms with Gasteiger partial charge < -0.3 is 15.0 Å². The lowest BCUT2D eigenvalue weighted by atomic mass is 10.1. The molecule has 0 saturated heterocycles. The molecule has 2 aromatic carbocycles. The summed E-state index contributed by atoms with van der Waals surface area (Å²) in [6, 6.07) is 17.2. The van der Waals surface area contributed by atoms with Gasteiger partial charge in [-0.3, -0.25) is 0 Å². The van der Waals surface area contributed by atoms with E-state index in [0.29, 0.717) is 12.2 Å². The normalized spacial score (nSPS) is 10.1. The summed E-state index contributed by atoms with van der Waals surface area (Å²) in [5.41, 5.74) is 2.25. The smallest absolute Gasteiger partial charge is 0.340 e. The third kappa shape index (κ3) is 5.87. The van der Waals surface area contributed by atoms with E-state index in [1.165, 1.54) is 0 Å². The molecule has 0 aliphatic rings. The molecule has 0 amide bonds. The van der Waals surface area contributed by atoms with Crippen LogP contribution in [-0.2, 0) is 4.74 Å². The summed E-state index contributed by atoms with van der Waals surface area (Å²) in [5, 5.41) is 3.26. The SMILES string of the molecule is CCN(CC)CCOC(=O)c1ccccc1Nc1ccccc1.Cl. The van der Waals surface area contributed by atoms with Gasteiger partial charge in [-0.15, -0.1) is 12.4 Å². The lowest BCUT2D eigenvalue weighted by molar-refractivity contribution is 0.0467. The molecular formula is C19H25ClN2O2. The number of halogens is 1. The summed E-state index contributed by atoms with van der Waals surface area (Å²) >= 11 is 0. The van der Waals surface area contributed by atoms with E-state index in [4.69, 9.17) is 4.74 Å². The third-order valence-electron chi connectivity index (χ3n) is 3.73. The van der Waals surface area contributed by atoms with E-state index in [2.05, 4.69) is 24.1 Å². The third-order valence-corrected chi connectivity index (χ3v) is 3.73. The number of rotatable bonds is 8. The van der Waals surface area contributed by atoms with Crippen LogP contribution in [0.2, 0.25) is 0 Å². The van der Waals surface area contributed by atoms with Crippen LogP contribution < -0.4 is 5.32 Å². The molecule has 1 N–H and O–H groups in total. The second kappa shape index (κ2) is 10.7. The summed E-state index contributed by atoms with van der Waals surface area (Å²) in [6.07, 6.45) is 0. The van der Waals surface area contributed by atoms with E-state index in [0.717, 1.165) is 31.0 Å². The topological polar surface area (TPSA) is 41.6 Å². The molecule has 24 heavy (non-hydrogen) atoms. The number of para-hydroxylation sites is 2. The number of carbonyl (C=O) groups excluding carboxylic acids is 1. The minimum absolute atomic E-state index is 0. The molecule has 0 spiro atoms. The lowest BCUT2D eigenvalue weighted by Crippen LogP contribution is -2.28. The van der Waals surface area contributed by atoms with Crippen molar-refractivity contribution < 1.29 is 9.53 Å². The quantitative estimate of drug-likeness (QED) is 0.720. The number of esters is 1. The Morgan fingerprint density at radius 1 is 1.00 bits per heavy atom. The molecule has 0 aliphatic carbocycles. The molecule has 0 unspecified atom stereocenters. The number of hydrogen-bond donors (Lipinski definition) is 1. The number of anilines is 2. The van der Waals surface area contributed by atoms with Crippen molar-refractivity contribution in [1.29, 1.82) is 0 Å². The van der Waals surface area contributed by atoms with E-state index in [9.17, 15) is 4.79 Å². The first-order valence-corrected chi connectivity index (χ1v) is 8.05. The second-order valence-electron chi connectivity index (χ2n) is 5.20. The Hall–Kier alpha value is -2.04. The molecule has 0 aliphatic heterocycles. The Balaban J connectivity index is 0.00000288. The Kier molecular flexibility index (Phi) is 8.90. The monoisotopic (exact) mass is 348 g/mol. The highest BCUT2D eigenvalue weighted by Crippen LogP contribution is 2.21. The molecule has 130 valence electrons. The van der Waals surface area contributed by atoms with Gasteiger partial charge in [0.05, 0.1) is 11.3 Å². The van der Waals surface area contributed by atoms with Crippen LogP contribution in [0.3, 0.4) is 0 Å². The van der Waals surface area contributed by atoms with Crippen LogP contribution in [0, 0.1) is 0 Å². The number of hydrogen-bond acceptors (Lipinski definition) is 4. The highest BCUT2D eigenvalue weighted by atomic mass is 35.5. The summed E-state index contributed by atoms with van der Waals surface area (Å²) in [7, 11) is 0. The fraction of sp³-hybridized carbons (Fsp3) is 0.316. The number of nitrogens with one attached hydrogen (secondary N) is 1. The zero-order valence-electron chi connectivity index (χ0n) is 14.2. The van der Waals surface area contributed by atoms with Gasteiger partial charge in [0, 0.05) is 12.2 Å². The Labute approximate surface area is 150 Å². The molecule has 0 radical (unpaired) electrons. The van der Waals surface area contributed by atoms with E-state index < -0.39 is 0 Å². The van der Waals surface area contributed by atoms with Crippen molar-refractivity contribution in [2.24, 2.45) is 0 Å². The summed E-state index contributed by atoms with van der Waals surface area (Å²) in [5.74, 6) is -0.295. The first kappa shape index (κ1) is 20.0. The zero-order chi connectivity index (χ0) is 16.5. The van der Waals surface area contributed by atoms with Crippen LogP contribution in [0.5, 0.6) is 0 Å². The highest BCUT2D eigenvalue weighted by molar-refractivity contribution is 5.96. The molecule has 0 aromatic heterocycles. The van der Waals surface area contributed by atoms with Gasteiger partial charge >= 0.3 is 5.97 Å². The van der Waals surface area contributed by atoms with E-state index in [1.54, 1.807) is 6.07 Å². The molecule has 5 heteroatoms. The summed E-state index contributed by atoms with van der Waals surface area (Å²) < 4.78 is 5.42. The van der Waals surface area contributed by atoms with Crippen molar-refractivity contribution in [1.82, 2.24) is 4.90 Å². The van der Waals surface area contributed by atoms with Crippen molar-refractivity contribution in [3.8, 4) is 0 Å². The van der Waals surface area contributed by atoms with Crippen LogP contribution in [0.4, 0.5) is 11.4 Å². The van der Waals surface area contributed by atoms with Crippen LogP contribution in [-0.4, -0.2) is 37.1 Å². The number of nitrogens with zero attached hydrogens (tertiary/aromatic N) is 1. The number of carbonyl (C=O) groups is 1. The molecular weight excluding hydrogens is 324 g/mol. The van der Waals surface area contributed by atoms with Gasteiger partial charge in [0.2, 0.25) is 0 Å². The number of ether oxygens (including phenoxy) is 1. The van der Waals surface area contributed by atoms with Crippen LogP contribution in [0.1, 0.15) is 24.2 Å². The van der Waals surface area contributed by atoms with E-state index in [-0.39, 0.29) is 18.4 Å². The van der Waals surface area contributed by atoms with Crippen molar-refractivity contribution in [3.05, 3.63) is 60.2 Å². The van der Waals surface area contributed by atoms with E-state index >= 15 is 0 Å². The largest absolute Gasteiger partial charge is 0.461 e. The van der Waals surface area contributed by atoms with Gasteiger partial charge in [-0.2, -0.15) is 0 Å². The molecule has 0 saturated carbocycles. The van der Waals surface area contributed by atoms with Gasteiger partial charge in [-0.05, 0) is 37.4 Å². The molecule has 0 heterocycles. The van der Waals surface area contributed by atoms with Crippen LogP contribution in [0.25, 0.3) is 0 Å². The molecule has 0 bridgehead atoms. The Morgan fingerprint density at radius 2 is 1.62 bits per heavy atom. The Bertz CT molecular complexity index is 616. The maximum atomic E-state index is 12.3. The molecule has 0 fully saturated rings. The lowest BCUT2D eigenvalue weighted by Gasteiger charge is -2.18. The van der Waals surface area contributed by atoms with Crippen molar-refractivity contribution in [3.63, 3.8) is 0 Å². The second-order valence-corrected chi connectivity index (χ2v) is 5.20. The average molecular weight is 349 g/mol. The maximum absolute atomic E-state index is 12.3. The van der Waals surface area contributed by atoms with Gasteiger partial charge in [0.1, 0.15) is 6.61 Å². The van der Waals surface area contributed by atoms with Gasteiger partial charge in [-0.25, -0.2) is 4.79 Å². The molecule has 2 aromatic rings. The standard InChI is InChI=1S/C19H24N2O2.ClH/c1-3-21(4-2)14-15-23-19(22)17-12-8-9-13-18(17)20-16-10-6-5-7-11-16;/h5-13,20H,3-4,14-15H2,1-2H3;1H. The van der Waals surface area contributed by atoms with Crippen molar-refractivity contribution in [2.45, 2.75) is 13.8 Å². The first-order chi connectivity index (χ1) is 11.2. The van der Waals surface area contributed by atoms with Crippen molar-refractivity contribution >= 4 is 29.8 Å². The van der Waals surface area contributed by atoms with Crippen LogP contribution >= 0.6 is 12.4 Å². The Morgan fingerprint density at radius 3 is 2.29 bits per heavy atom. The molecule has 0 atom stereocenters. The first-order valence-electron chi connectivity index (χ1n) is 8.05. The summed E-state index contributed by atoms with van der Waals surface area (Å²) in [4.78, 5) is 14.6. The summed E-state index contributed by atoms with van der Waals surface area (Å²) in [6.45, 7) is 7.28. The van der Waals surface area contributed by atoms with E-state index in [1.807, 2.05) is 48.5 Å². The van der Waals surface area contributed by atoms with Crippen molar-refractivity contribution in [2.75, 3.05) is 31.6 Å². The average Bonchev–Trinajstić information content (AvgIpc) is 2.60. The molecule has 4 nitrogen and oxygen atoms in total. The predicted molar refractivity (Wildman–Crippen MR) is 101 cm³/mol. The highest BCUT2D eigenvalue weighted by Gasteiger charge is 2.13. The fourth-order valence-corrected chi connectivity index (χ4v) is 2.33. The van der Waals surface area contributed by atoms with Crippen LogP contribution in [0.15, 0.2) is 54.6 Å². The number of benzene rings is 2. The minimum Gasteiger partial charge on any atom is -0.461 e. The van der Waals surface area contributed by atoms with Gasteiger partial charge in [0.15, 0.2) is 0 Å². The number of likely N-dealkylation sites (N-methyl/N-ethyl adjacent to an activating group) is 1. The van der Waals surface area contributed by atoms with Gasteiger partial charge in [0.25, 0.3) is 0 Å². The molecule has 2 rings (SSSR count). The fourth-order valence-electron chi connectivity index (χ4n) is 2.33. The minimum atomic E-state index is -0.295. The zero-order valence-corrected chi connectivity index (χ0v) is 15.0. The maximum Gasteiger partial charge on any atom is 0.340 e. The van der Waals surface area contributed by atoms with Gasteiger partial charge in [-0.1, -0.05) is 44.2 Å².